The SMILES string of the molecule is CC/C=C\C/C=C\C/C=C\C/C=C\CCCCCCCCCCC(=O)OC(COCCCCCCCC/C=C\C/C=C\CCCC)COC1OC(CO)C(O)C(O)C1O. The maximum Gasteiger partial charge on any atom is 0.306 e. The molecule has 0 spiro atoms. The van der Waals surface area contributed by atoms with Gasteiger partial charge in [-0.15, -0.1) is 0 Å². The van der Waals surface area contributed by atoms with Crippen LogP contribution in [0.25, 0.3) is 0 Å². The fourth-order valence-corrected chi connectivity index (χ4v) is 6.67. The Bertz CT molecular complexity index is 1130. The number of aliphatic hydroxyl groups excluding tert-OH is 4. The molecule has 9 heteroatoms. The lowest BCUT2D eigenvalue weighted by Crippen LogP contribution is -2.59. The van der Waals surface area contributed by atoms with Crippen LogP contribution in [0, 0.1) is 0 Å². The van der Waals surface area contributed by atoms with Crippen LogP contribution < -0.4 is 0 Å². The van der Waals surface area contributed by atoms with Crippen molar-refractivity contribution in [3.63, 3.8) is 0 Å². The number of allylic oxidation sites excluding steroid dienone is 12. The predicted molar refractivity (Wildman–Crippen MR) is 242 cm³/mol. The standard InChI is InChI=1S/C50H86O9/c1-3-5-7-9-11-13-15-17-19-20-21-22-23-24-25-27-29-31-33-35-37-39-46(52)58-44(43-57-50-49(55)48(54)47(53)45(41-51)59-50)42-56-40-38-36-34-32-30-28-26-18-16-14-12-10-8-6-4-2/h5,7,10-13,16-19,21-22,44-45,47-51,53-55H,3-4,6,8-9,14-15,20,23-43H2,1-2H3/b7-5-,12-10-,13-11-,18-16-,19-17-,22-21-. The van der Waals surface area contributed by atoms with Gasteiger partial charge in [0.2, 0.25) is 0 Å². The van der Waals surface area contributed by atoms with Crippen molar-refractivity contribution in [2.75, 3.05) is 26.4 Å². The maximum absolute atomic E-state index is 12.8. The number of hydrogen-bond donors (Lipinski definition) is 4. The van der Waals surface area contributed by atoms with Crippen molar-refractivity contribution in [1.29, 1.82) is 0 Å². The molecule has 0 aromatic rings. The Kier molecular flexibility index (Phi) is 38.0. The zero-order chi connectivity index (χ0) is 42.9. The Morgan fingerprint density at radius 1 is 0.559 bits per heavy atom. The van der Waals surface area contributed by atoms with E-state index < -0.39 is 43.4 Å². The number of unbranched alkanes of at least 4 members (excludes halogenated alkanes) is 16. The molecule has 1 saturated heterocycles. The molecule has 6 atom stereocenters. The van der Waals surface area contributed by atoms with Gasteiger partial charge in [0.1, 0.15) is 30.5 Å². The van der Waals surface area contributed by atoms with Crippen molar-refractivity contribution in [3.8, 4) is 0 Å². The van der Waals surface area contributed by atoms with Gasteiger partial charge < -0.3 is 39.4 Å². The van der Waals surface area contributed by atoms with Gasteiger partial charge in [-0.2, -0.15) is 0 Å². The molecule has 1 aliphatic heterocycles. The van der Waals surface area contributed by atoms with Crippen molar-refractivity contribution < 1.29 is 44.2 Å². The van der Waals surface area contributed by atoms with Crippen molar-refractivity contribution in [3.05, 3.63) is 72.9 Å². The van der Waals surface area contributed by atoms with E-state index in [9.17, 15) is 25.2 Å². The van der Waals surface area contributed by atoms with Gasteiger partial charge in [-0.1, -0.05) is 164 Å². The number of carbonyl (C=O) groups is 1. The molecular weight excluding hydrogens is 745 g/mol. The summed E-state index contributed by atoms with van der Waals surface area (Å²) in [5, 5.41) is 40.2. The first-order valence-electron chi connectivity index (χ1n) is 23.5. The molecule has 0 radical (unpaired) electrons. The second-order valence-electron chi connectivity index (χ2n) is 15.8. The lowest BCUT2D eigenvalue weighted by Gasteiger charge is -2.39. The molecule has 340 valence electrons. The van der Waals surface area contributed by atoms with Crippen molar-refractivity contribution >= 4 is 5.97 Å². The summed E-state index contributed by atoms with van der Waals surface area (Å²) in [6, 6.07) is 0. The predicted octanol–water partition coefficient (Wildman–Crippen LogP) is 10.9. The van der Waals surface area contributed by atoms with Crippen LogP contribution in [-0.2, 0) is 23.7 Å². The summed E-state index contributed by atoms with van der Waals surface area (Å²) in [6.07, 6.45) is 46.4. The molecule has 9 nitrogen and oxygen atoms in total. The summed E-state index contributed by atoms with van der Waals surface area (Å²) in [5.41, 5.74) is 0. The van der Waals surface area contributed by atoms with Crippen molar-refractivity contribution in [2.24, 2.45) is 0 Å². The molecule has 1 heterocycles. The van der Waals surface area contributed by atoms with Crippen LogP contribution in [0.4, 0.5) is 0 Å². The van der Waals surface area contributed by atoms with Gasteiger partial charge in [0.05, 0.1) is 19.8 Å². The van der Waals surface area contributed by atoms with Crippen LogP contribution in [0.1, 0.15) is 174 Å². The average molecular weight is 831 g/mol. The normalized spacial score (nSPS) is 20.8. The van der Waals surface area contributed by atoms with Crippen LogP contribution in [0.2, 0.25) is 0 Å². The summed E-state index contributed by atoms with van der Waals surface area (Å²) in [6.45, 7) is 4.36. The molecule has 1 rings (SSSR count). The quantitative estimate of drug-likeness (QED) is 0.0271. The summed E-state index contributed by atoms with van der Waals surface area (Å²) in [4.78, 5) is 12.8. The van der Waals surface area contributed by atoms with E-state index in [1.165, 1.54) is 64.2 Å². The third-order valence-corrected chi connectivity index (χ3v) is 10.4. The molecule has 1 aliphatic rings. The molecule has 0 saturated carbocycles. The highest BCUT2D eigenvalue weighted by molar-refractivity contribution is 5.69. The molecule has 6 unspecified atom stereocenters. The van der Waals surface area contributed by atoms with Crippen LogP contribution in [0.5, 0.6) is 0 Å². The molecule has 0 aromatic heterocycles. The minimum Gasteiger partial charge on any atom is -0.457 e. The van der Waals surface area contributed by atoms with Gasteiger partial charge in [0.15, 0.2) is 6.29 Å². The van der Waals surface area contributed by atoms with E-state index in [4.69, 9.17) is 18.9 Å². The van der Waals surface area contributed by atoms with Gasteiger partial charge >= 0.3 is 5.97 Å². The van der Waals surface area contributed by atoms with Crippen molar-refractivity contribution in [1.82, 2.24) is 0 Å². The number of ether oxygens (including phenoxy) is 4. The molecular formula is C50H86O9. The highest BCUT2D eigenvalue weighted by atomic mass is 16.7. The zero-order valence-corrected chi connectivity index (χ0v) is 37.2. The van der Waals surface area contributed by atoms with Crippen LogP contribution in [0.3, 0.4) is 0 Å². The zero-order valence-electron chi connectivity index (χ0n) is 37.2. The van der Waals surface area contributed by atoms with Crippen LogP contribution in [0.15, 0.2) is 72.9 Å². The van der Waals surface area contributed by atoms with E-state index in [1.54, 1.807) is 0 Å². The van der Waals surface area contributed by atoms with Crippen LogP contribution in [-0.4, -0.2) is 89.6 Å². The third-order valence-electron chi connectivity index (χ3n) is 10.4. The Balaban J connectivity index is 2.26. The number of carbonyl (C=O) groups excluding carboxylic acids is 1. The smallest absolute Gasteiger partial charge is 0.306 e. The average Bonchev–Trinajstić information content (AvgIpc) is 3.24. The summed E-state index contributed by atoms with van der Waals surface area (Å²) in [5.74, 6) is -0.329. The van der Waals surface area contributed by atoms with Crippen LogP contribution >= 0.6 is 0 Å². The Morgan fingerprint density at radius 3 is 1.56 bits per heavy atom. The van der Waals surface area contributed by atoms with E-state index in [1.807, 2.05) is 0 Å². The maximum atomic E-state index is 12.8. The van der Waals surface area contributed by atoms with E-state index in [0.29, 0.717) is 13.0 Å². The Hall–Kier alpha value is -2.37. The number of esters is 1. The molecule has 0 amide bonds. The topological polar surface area (TPSA) is 135 Å². The Morgan fingerprint density at radius 2 is 1.03 bits per heavy atom. The summed E-state index contributed by atoms with van der Waals surface area (Å²) >= 11 is 0. The largest absolute Gasteiger partial charge is 0.457 e. The monoisotopic (exact) mass is 831 g/mol. The second kappa shape index (κ2) is 41.0. The van der Waals surface area contributed by atoms with Crippen molar-refractivity contribution in [2.45, 2.75) is 211 Å². The summed E-state index contributed by atoms with van der Waals surface area (Å²) < 4.78 is 22.8. The van der Waals surface area contributed by atoms with E-state index in [-0.39, 0.29) is 19.2 Å². The molecule has 4 N–H and O–H groups in total. The highest BCUT2D eigenvalue weighted by Gasteiger charge is 2.44. The molecule has 0 bridgehead atoms. The lowest BCUT2D eigenvalue weighted by atomic mass is 9.99. The Labute approximate surface area is 359 Å². The second-order valence-corrected chi connectivity index (χ2v) is 15.8. The fourth-order valence-electron chi connectivity index (χ4n) is 6.67. The molecule has 1 fully saturated rings. The number of aliphatic hydroxyl groups is 4. The van der Waals surface area contributed by atoms with Gasteiger partial charge in [-0.3, -0.25) is 4.79 Å². The van der Waals surface area contributed by atoms with Gasteiger partial charge in [0.25, 0.3) is 0 Å². The van der Waals surface area contributed by atoms with E-state index >= 15 is 0 Å². The third kappa shape index (κ3) is 32.1. The first kappa shape index (κ1) is 54.6. The van der Waals surface area contributed by atoms with E-state index in [0.717, 1.165) is 89.9 Å². The lowest BCUT2D eigenvalue weighted by molar-refractivity contribution is -0.305. The number of hydrogen-bond acceptors (Lipinski definition) is 9. The molecule has 0 aromatic carbocycles. The number of rotatable bonds is 39. The minimum absolute atomic E-state index is 0.125. The first-order chi connectivity index (χ1) is 28.9. The minimum atomic E-state index is -1.54. The molecule has 59 heavy (non-hydrogen) atoms. The summed E-state index contributed by atoms with van der Waals surface area (Å²) in [7, 11) is 0. The molecule has 0 aliphatic carbocycles. The van der Waals surface area contributed by atoms with Gasteiger partial charge in [-0.25, -0.2) is 0 Å². The highest BCUT2D eigenvalue weighted by Crippen LogP contribution is 2.22. The van der Waals surface area contributed by atoms with Gasteiger partial charge in [-0.05, 0) is 77.0 Å². The fraction of sp³-hybridized carbons (Fsp3) is 0.740. The van der Waals surface area contributed by atoms with Gasteiger partial charge in [0, 0.05) is 13.0 Å². The van der Waals surface area contributed by atoms with E-state index in [2.05, 4.69) is 86.8 Å². The first-order valence-corrected chi connectivity index (χ1v) is 23.5.